The molecule has 0 heterocycles. The van der Waals surface area contributed by atoms with Crippen molar-refractivity contribution >= 4 is 28.9 Å². The Hall–Kier alpha value is -2.77. The summed E-state index contributed by atoms with van der Waals surface area (Å²) in [5, 5.41) is 16.7. The molecule has 1 aromatic rings. The number of carbonyl (C=O) groups excluding carboxylic acids is 2. The quantitative estimate of drug-likeness (QED) is 0.499. The fourth-order valence-corrected chi connectivity index (χ4v) is 1.93. The molecule has 0 atom stereocenters. The first-order valence-electron chi connectivity index (χ1n) is 6.47. The van der Waals surface area contributed by atoms with Gasteiger partial charge in [-0.25, -0.2) is 5.43 Å². The number of rotatable bonds is 3. The Kier molecular flexibility index (Phi) is 4.60. The highest BCUT2D eigenvalue weighted by atomic mass is 16.6. The highest BCUT2D eigenvalue weighted by Crippen LogP contribution is 2.15. The zero-order valence-corrected chi connectivity index (χ0v) is 11.2. The van der Waals surface area contributed by atoms with Crippen molar-refractivity contribution in [2.75, 3.05) is 5.32 Å². The van der Waals surface area contributed by atoms with Crippen LogP contribution in [0.5, 0.6) is 0 Å². The van der Waals surface area contributed by atoms with E-state index in [0.717, 1.165) is 31.4 Å². The molecule has 110 valence electrons. The van der Waals surface area contributed by atoms with E-state index >= 15 is 0 Å². The minimum atomic E-state index is -0.869. The van der Waals surface area contributed by atoms with Gasteiger partial charge in [0.05, 0.1) is 4.92 Å². The second-order valence-electron chi connectivity index (χ2n) is 4.58. The van der Waals surface area contributed by atoms with Gasteiger partial charge in [0.15, 0.2) is 0 Å². The summed E-state index contributed by atoms with van der Waals surface area (Å²) in [4.78, 5) is 33.1. The van der Waals surface area contributed by atoms with Gasteiger partial charge in [0.2, 0.25) is 0 Å². The number of hydrazone groups is 1. The van der Waals surface area contributed by atoms with Gasteiger partial charge in [0.1, 0.15) is 0 Å². The predicted molar refractivity (Wildman–Crippen MR) is 75.8 cm³/mol. The average molecular weight is 290 g/mol. The van der Waals surface area contributed by atoms with Crippen molar-refractivity contribution in [3.63, 3.8) is 0 Å². The largest absolute Gasteiger partial charge is 0.329 e. The monoisotopic (exact) mass is 290 g/mol. The van der Waals surface area contributed by atoms with E-state index in [9.17, 15) is 19.7 Å². The van der Waals surface area contributed by atoms with E-state index in [-0.39, 0.29) is 5.69 Å². The van der Waals surface area contributed by atoms with E-state index in [1.165, 1.54) is 24.3 Å². The number of nitro benzene ring substituents is 1. The van der Waals surface area contributed by atoms with Crippen LogP contribution in [0.25, 0.3) is 0 Å². The number of hydrogen-bond donors (Lipinski definition) is 2. The number of nitrogens with zero attached hydrogens (tertiary/aromatic N) is 2. The maximum atomic E-state index is 11.6. The molecule has 0 aliphatic heterocycles. The Morgan fingerprint density at radius 1 is 1.10 bits per heavy atom. The third-order valence-corrected chi connectivity index (χ3v) is 3.04. The molecular weight excluding hydrogens is 276 g/mol. The smallest absolute Gasteiger partial charge is 0.318 e. The Bertz CT molecular complexity index is 587. The Balaban J connectivity index is 1.89. The van der Waals surface area contributed by atoms with Crippen LogP contribution in [0.1, 0.15) is 25.7 Å². The molecule has 2 amide bonds. The summed E-state index contributed by atoms with van der Waals surface area (Å²) >= 11 is 0. The van der Waals surface area contributed by atoms with Gasteiger partial charge >= 0.3 is 11.8 Å². The van der Waals surface area contributed by atoms with Gasteiger partial charge in [-0.1, -0.05) is 0 Å². The molecule has 1 saturated carbocycles. The fraction of sp³-hybridized carbons (Fsp3) is 0.308. The SMILES string of the molecule is O=C(NN=C1CCCC1)C(=O)Nc1ccc([N+](=O)[O-])cc1. The third-order valence-electron chi connectivity index (χ3n) is 3.04. The van der Waals surface area contributed by atoms with E-state index in [4.69, 9.17) is 0 Å². The molecule has 0 saturated heterocycles. The first kappa shape index (κ1) is 14.6. The van der Waals surface area contributed by atoms with E-state index in [0.29, 0.717) is 5.69 Å². The molecule has 21 heavy (non-hydrogen) atoms. The number of carbonyl (C=O) groups is 2. The number of amides is 2. The molecule has 0 radical (unpaired) electrons. The van der Waals surface area contributed by atoms with Gasteiger partial charge in [-0.05, 0) is 37.8 Å². The lowest BCUT2D eigenvalue weighted by Gasteiger charge is -2.04. The molecule has 0 aromatic heterocycles. The summed E-state index contributed by atoms with van der Waals surface area (Å²) in [5.74, 6) is -1.74. The van der Waals surface area contributed by atoms with Crippen molar-refractivity contribution in [2.24, 2.45) is 5.10 Å². The van der Waals surface area contributed by atoms with Crippen LogP contribution in [-0.4, -0.2) is 22.4 Å². The molecule has 1 aliphatic carbocycles. The Labute approximate surface area is 120 Å². The number of benzene rings is 1. The molecule has 1 aliphatic rings. The lowest BCUT2D eigenvalue weighted by atomic mass is 10.3. The fourth-order valence-electron chi connectivity index (χ4n) is 1.93. The molecule has 2 rings (SSSR count). The van der Waals surface area contributed by atoms with E-state index < -0.39 is 16.7 Å². The first-order valence-corrected chi connectivity index (χ1v) is 6.47. The summed E-state index contributed by atoms with van der Waals surface area (Å²) in [7, 11) is 0. The van der Waals surface area contributed by atoms with Gasteiger partial charge < -0.3 is 5.32 Å². The van der Waals surface area contributed by atoms with Crippen LogP contribution < -0.4 is 10.7 Å². The van der Waals surface area contributed by atoms with Gasteiger partial charge in [0.25, 0.3) is 5.69 Å². The maximum Gasteiger partial charge on any atom is 0.329 e. The lowest BCUT2D eigenvalue weighted by molar-refractivity contribution is -0.384. The van der Waals surface area contributed by atoms with Crippen molar-refractivity contribution in [2.45, 2.75) is 25.7 Å². The van der Waals surface area contributed by atoms with Crippen LogP contribution in [0.15, 0.2) is 29.4 Å². The molecule has 1 aromatic carbocycles. The summed E-state index contributed by atoms with van der Waals surface area (Å²) < 4.78 is 0. The van der Waals surface area contributed by atoms with Crippen LogP contribution in [0, 0.1) is 10.1 Å². The van der Waals surface area contributed by atoms with Crippen LogP contribution in [0.2, 0.25) is 0 Å². The standard InChI is InChI=1S/C13H14N4O4/c18-12(13(19)16-15-10-3-1-2-4-10)14-9-5-7-11(8-6-9)17(20)21/h5-8H,1-4H2,(H,14,18)(H,16,19). The van der Waals surface area contributed by atoms with Gasteiger partial charge in [-0.15, -0.1) is 0 Å². The third kappa shape index (κ3) is 4.10. The van der Waals surface area contributed by atoms with Gasteiger partial charge in [-0.2, -0.15) is 5.10 Å². The van der Waals surface area contributed by atoms with E-state index in [1.54, 1.807) is 0 Å². The molecule has 0 unspecified atom stereocenters. The number of nitrogens with one attached hydrogen (secondary N) is 2. The number of nitro groups is 1. The van der Waals surface area contributed by atoms with Crippen molar-refractivity contribution < 1.29 is 14.5 Å². The zero-order chi connectivity index (χ0) is 15.2. The highest BCUT2D eigenvalue weighted by molar-refractivity contribution is 6.39. The van der Waals surface area contributed by atoms with Crippen LogP contribution in [-0.2, 0) is 9.59 Å². The molecular formula is C13H14N4O4. The number of non-ortho nitro benzene ring substituents is 1. The number of anilines is 1. The zero-order valence-electron chi connectivity index (χ0n) is 11.2. The molecule has 8 heteroatoms. The summed E-state index contributed by atoms with van der Waals surface area (Å²) in [6.45, 7) is 0. The van der Waals surface area contributed by atoms with Crippen molar-refractivity contribution in [1.82, 2.24) is 5.43 Å². The highest BCUT2D eigenvalue weighted by Gasteiger charge is 2.15. The summed E-state index contributed by atoms with van der Waals surface area (Å²) in [5.41, 5.74) is 3.29. The van der Waals surface area contributed by atoms with Gasteiger partial charge in [0, 0.05) is 23.5 Å². The minimum absolute atomic E-state index is 0.0925. The average Bonchev–Trinajstić information content (AvgIpc) is 2.98. The first-order chi connectivity index (χ1) is 10.1. The molecule has 0 bridgehead atoms. The van der Waals surface area contributed by atoms with E-state index in [2.05, 4.69) is 15.8 Å². The van der Waals surface area contributed by atoms with Gasteiger partial charge in [-0.3, -0.25) is 19.7 Å². The molecule has 8 nitrogen and oxygen atoms in total. The Morgan fingerprint density at radius 2 is 1.71 bits per heavy atom. The second-order valence-corrected chi connectivity index (χ2v) is 4.58. The minimum Gasteiger partial charge on any atom is -0.318 e. The topological polar surface area (TPSA) is 114 Å². The lowest BCUT2D eigenvalue weighted by Crippen LogP contribution is -2.32. The van der Waals surface area contributed by atoms with Crippen LogP contribution >= 0.6 is 0 Å². The normalized spacial score (nSPS) is 13.6. The molecule has 0 spiro atoms. The van der Waals surface area contributed by atoms with Crippen molar-refractivity contribution in [3.8, 4) is 0 Å². The van der Waals surface area contributed by atoms with Crippen molar-refractivity contribution in [3.05, 3.63) is 34.4 Å². The van der Waals surface area contributed by atoms with Crippen LogP contribution in [0.3, 0.4) is 0 Å². The number of hydrogen-bond acceptors (Lipinski definition) is 5. The van der Waals surface area contributed by atoms with Crippen molar-refractivity contribution in [1.29, 1.82) is 0 Å². The van der Waals surface area contributed by atoms with Crippen LogP contribution in [0.4, 0.5) is 11.4 Å². The van der Waals surface area contributed by atoms with E-state index in [1.807, 2.05) is 0 Å². The summed E-state index contributed by atoms with van der Waals surface area (Å²) in [6, 6.07) is 5.19. The predicted octanol–water partition coefficient (Wildman–Crippen LogP) is 1.58. The molecule has 1 fully saturated rings. The Morgan fingerprint density at radius 3 is 2.29 bits per heavy atom. The molecule has 2 N–H and O–H groups in total. The summed E-state index contributed by atoms with van der Waals surface area (Å²) in [6.07, 6.45) is 3.77. The maximum absolute atomic E-state index is 11.6. The second kappa shape index (κ2) is 6.60.